The minimum absolute atomic E-state index is 0.0276. The van der Waals surface area contributed by atoms with Crippen LogP contribution in [0.1, 0.15) is 38.9 Å². The van der Waals surface area contributed by atoms with E-state index in [1.165, 1.54) is 15.9 Å². The number of alkyl halides is 3. The fourth-order valence-corrected chi connectivity index (χ4v) is 5.55. The average molecular weight is 494 g/mol. The second-order valence-corrected chi connectivity index (χ2v) is 10.6. The van der Waals surface area contributed by atoms with E-state index in [-0.39, 0.29) is 61.3 Å². The minimum atomic E-state index is -4.68. The van der Waals surface area contributed by atoms with E-state index < -0.39 is 39.6 Å². The third-order valence-corrected chi connectivity index (χ3v) is 7.76. The SMILES string of the molecule is CC/C=C\C(F)=C(/C)C1CN(c2cc(C(F)(F)F)on2)CCN1C(=O)C1CCS(=O)(=O)CC1. The number of carbonyl (C=O) groups excluding carboxylic acids is 1. The van der Waals surface area contributed by atoms with Crippen molar-refractivity contribution in [1.29, 1.82) is 0 Å². The Morgan fingerprint density at radius 1 is 1.27 bits per heavy atom. The van der Waals surface area contributed by atoms with Gasteiger partial charge in [-0.2, -0.15) is 13.2 Å². The van der Waals surface area contributed by atoms with Crippen LogP contribution < -0.4 is 4.90 Å². The smallest absolute Gasteiger partial charge is 0.350 e. The summed E-state index contributed by atoms with van der Waals surface area (Å²) in [6.45, 7) is 3.72. The summed E-state index contributed by atoms with van der Waals surface area (Å²) < 4.78 is 81.4. The third kappa shape index (κ3) is 5.96. The zero-order valence-corrected chi connectivity index (χ0v) is 19.3. The standard InChI is InChI=1S/C21H27F4N3O4S/c1-3-4-5-16(22)14(2)17-13-27(19-12-18(32-26-19)21(23,24)25)8-9-28(17)20(29)15-6-10-33(30,31)11-7-15/h4-5,12,15,17H,3,6-11,13H2,1-2H3/b5-4-,16-14-. The highest BCUT2D eigenvalue weighted by Crippen LogP contribution is 2.33. The van der Waals surface area contributed by atoms with E-state index in [1.54, 1.807) is 13.0 Å². The maximum Gasteiger partial charge on any atom is 0.452 e. The molecule has 1 aromatic heterocycles. The first kappa shape index (κ1) is 25.3. The predicted molar refractivity (Wildman–Crippen MR) is 114 cm³/mol. The van der Waals surface area contributed by atoms with Gasteiger partial charge in [-0.3, -0.25) is 4.79 Å². The lowest BCUT2D eigenvalue weighted by Gasteiger charge is -2.43. The molecule has 0 aliphatic carbocycles. The van der Waals surface area contributed by atoms with Gasteiger partial charge in [-0.25, -0.2) is 12.8 Å². The molecule has 0 spiro atoms. The summed E-state index contributed by atoms with van der Waals surface area (Å²) >= 11 is 0. The molecule has 2 saturated heterocycles. The maximum atomic E-state index is 14.8. The molecule has 3 heterocycles. The van der Waals surface area contributed by atoms with Crippen LogP contribution in [-0.4, -0.2) is 61.6 Å². The first-order valence-electron chi connectivity index (χ1n) is 10.8. The Hall–Kier alpha value is -2.37. The van der Waals surface area contributed by atoms with Crippen molar-refractivity contribution in [2.45, 2.75) is 45.3 Å². The zero-order valence-electron chi connectivity index (χ0n) is 18.4. The van der Waals surface area contributed by atoms with Crippen molar-refractivity contribution in [2.75, 3.05) is 36.0 Å². The second kappa shape index (κ2) is 9.86. The molecule has 3 rings (SSSR count). The number of rotatable bonds is 5. The summed E-state index contributed by atoms with van der Waals surface area (Å²) in [5.74, 6) is -2.71. The van der Waals surface area contributed by atoms with Gasteiger partial charge in [0.25, 0.3) is 0 Å². The molecule has 33 heavy (non-hydrogen) atoms. The van der Waals surface area contributed by atoms with Gasteiger partial charge < -0.3 is 14.3 Å². The van der Waals surface area contributed by atoms with Crippen LogP contribution in [0.25, 0.3) is 0 Å². The first-order valence-corrected chi connectivity index (χ1v) is 12.6. The highest BCUT2D eigenvalue weighted by atomic mass is 32.2. The van der Waals surface area contributed by atoms with Gasteiger partial charge in [0.05, 0.1) is 17.5 Å². The summed E-state index contributed by atoms with van der Waals surface area (Å²) in [5, 5.41) is 3.51. The molecule has 1 aromatic rings. The zero-order chi connectivity index (χ0) is 24.4. The molecule has 2 fully saturated rings. The molecule has 2 aliphatic rings. The van der Waals surface area contributed by atoms with Crippen molar-refractivity contribution in [3.05, 3.63) is 35.4 Å². The third-order valence-electron chi connectivity index (χ3n) is 6.04. The fourth-order valence-electron chi connectivity index (χ4n) is 4.06. The lowest BCUT2D eigenvalue weighted by Crippen LogP contribution is -2.57. The summed E-state index contributed by atoms with van der Waals surface area (Å²) in [6.07, 6.45) is -0.736. The van der Waals surface area contributed by atoms with Crippen LogP contribution in [0, 0.1) is 5.92 Å². The number of halogens is 4. The van der Waals surface area contributed by atoms with Crippen LogP contribution in [0.5, 0.6) is 0 Å². The van der Waals surface area contributed by atoms with E-state index in [9.17, 15) is 30.8 Å². The first-order chi connectivity index (χ1) is 15.4. The average Bonchev–Trinajstić information content (AvgIpc) is 3.27. The van der Waals surface area contributed by atoms with Gasteiger partial charge in [0.15, 0.2) is 5.82 Å². The molecule has 1 amide bonds. The van der Waals surface area contributed by atoms with E-state index in [1.807, 2.05) is 6.92 Å². The summed E-state index contributed by atoms with van der Waals surface area (Å²) in [4.78, 5) is 16.3. The largest absolute Gasteiger partial charge is 0.452 e. The van der Waals surface area contributed by atoms with E-state index >= 15 is 0 Å². The highest BCUT2D eigenvalue weighted by molar-refractivity contribution is 7.91. The quantitative estimate of drug-likeness (QED) is 0.459. The van der Waals surface area contributed by atoms with E-state index in [4.69, 9.17) is 0 Å². The molecule has 0 saturated carbocycles. The van der Waals surface area contributed by atoms with Crippen LogP contribution in [0.4, 0.5) is 23.4 Å². The van der Waals surface area contributed by atoms with Crippen LogP contribution >= 0.6 is 0 Å². The van der Waals surface area contributed by atoms with Crippen molar-refractivity contribution in [1.82, 2.24) is 10.1 Å². The van der Waals surface area contributed by atoms with Crippen molar-refractivity contribution >= 4 is 21.6 Å². The highest BCUT2D eigenvalue weighted by Gasteiger charge is 2.40. The van der Waals surface area contributed by atoms with Gasteiger partial charge >= 0.3 is 6.18 Å². The molecule has 184 valence electrons. The minimum Gasteiger partial charge on any atom is -0.350 e. The van der Waals surface area contributed by atoms with Gasteiger partial charge in [-0.1, -0.05) is 18.2 Å². The Labute approximate surface area is 190 Å². The Morgan fingerprint density at radius 3 is 2.52 bits per heavy atom. The predicted octanol–water partition coefficient (Wildman–Crippen LogP) is 3.75. The maximum absolute atomic E-state index is 14.8. The molecule has 1 atom stereocenters. The number of amides is 1. The monoisotopic (exact) mass is 493 g/mol. The molecule has 0 bridgehead atoms. The Balaban J connectivity index is 1.86. The number of nitrogens with zero attached hydrogens (tertiary/aromatic N) is 3. The number of piperazine rings is 1. The number of carbonyl (C=O) groups is 1. The van der Waals surface area contributed by atoms with Gasteiger partial charge in [0.2, 0.25) is 11.7 Å². The van der Waals surface area contributed by atoms with Crippen molar-refractivity contribution < 1.29 is 35.3 Å². The van der Waals surface area contributed by atoms with E-state index in [0.717, 1.165) is 6.07 Å². The Morgan fingerprint density at radius 2 is 1.94 bits per heavy atom. The summed E-state index contributed by atoms with van der Waals surface area (Å²) in [7, 11) is -3.16. The van der Waals surface area contributed by atoms with Gasteiger partial charge in [0.1, 0.15) is 15.7 Å². The number of sulfone groups is 1. The Kier molecular flexibility index (Phi) is 7.55. The van der Waals surface area contributed by atoms with Crippen LogP contribution in [0.3, 0.4) is 0 Å². The normalized spacial score (nSPS) is 23.2. The fraction of sp³-hybridized carbons (Fsp3) is 0.619. The molecule has 1 unspecified atom stereocenters. The van der Waals surface area contributed by atoms with E-state index in [2.05, 4.69) is 9.68 Å². The van der Waals surface area contributed by atoms with Gasteiger partial charge in [-0.15, -0.1) is 0 Å². The summed E-state index contributed by atoms with van der Waals surface area (Å²) in [5.41, 5.74) is 0.265. The van der Waals surface area contributed by atoms with Crippen LogP contribution in [0.15, 0.2) is 34.1 Å². The molecule has 0 aromatic carbocycles. The van der Waals surface area contributed by atoms with Crippen molar-refractivity contribution in [3.63, 3.8) is 0 Å². The van der Waals surface area contributed by atoms with E-state index in [0.29, 0.717) is 6.42 Å². The number of allylic oxidation sites excluding steroid dienone is 3. The Bertz CT molecular complexity index is 1020. The van der Waals surface area contributed by atoms with Crippen LogP contribution in [-0.2, 0) is 20.8 Å². The molecular formula is C21H27F4N3O4S. The lowest BCUT2D eigenvalue weighted by molar-refractivity contribution is -0.155. The number of hydrogen-bond donors (Lipinski definition) is 0. The van der Waals surface area contributed by atoms with Gasteiger partial charge in [0, 0.05) is 31.6 Å². The topological polar surface area (TPSA) is 83.7 Å². The number of aromatic nitrogens is 1. The van der Waals surface area contributed by atoms with Gasteiger partial charge in [-0.05, 0) is 37.8 Å². The molecule has 2 aliphatic heterocycles. The number of hydrogen-bond acceptors (Lipinski definition) is 6. The molecule has 0 N–H and O–H groups in total. The molecule has 12 heteroatoms. The van der Waals surface area contributed by atoms with Crippen molar-refractivity contribution in [3.8, 4) is 0 Å². The molecule has 7 nitrogen and oxygen atoms in total. The van der Waals surface area contributed by atoms with Crippen molar-refractivity contribution in [2.24, 2.45) is 5.92 Å². The number of anilines is 1. The summed E-state index contributed by atoms with van der Waals surface area (Å²) in [6, 6.07) is 0.0322. The molecular weight excluding hydrogens is 466 g/mol. The van der Waals surface area contributed by atoms with Crippen LogP contribution in [0.2, 0.25) is 0 Å². The second-order valence-electron chi connectivity index (χ2n) is 8.31. The molecule has 0 radical (unpaired) electrons. The lowest BCUT2D eigenvalue weighted by atomic mass is 9.96.